The lowest BCUT2D eigenvalue weighted by atomic mass is 10.3. The number of halogens is 2. The van der Waals surface area contributed by atoms with Crippen LogP contribution in [0.1, 0.15) is 11.4 Å². The molecule has 0 fully saturated rings. The summed E-state index contributed by atoms with van der Waals surface area (Å²) in [6.07, 6.45) is 0. The second-order valence-corrected chi connectivity index (χ2v) is 5.60. The Kier molecular flexibility index (Phi) is 5.26. The van der Waals surface area contributed by atoms with Crippen molar-refractivity contribution in [2.45, 2.75) is 24.5 Å². The molecule has 116 valence electrons. The van der Waals surface area contributed by atoms with Gasteiger partial charge in [-0.3, -0.25) is 5.32 Å². The Balaban J connectivity index is 2.07. The van der Waals surface area contributed by atoms with Crippen LogP contribution < -0.4 is 16.0 Å². The summed E-state index contributed by atoms with van der Waals surface area (Å²) in [6, 6.07) is 8.39. The Hall–Kier alpha value is -2.22. The molecule has 0 atom stereocenters. The minimum atomic E-state index is -2.43. The van der Waals surface area contributed by atoms with E-state index in [0.717, 1.165) is 11.4 Å². The van der Waals surface area contributed by atoms with Crippen LogP contribution in [0.3, 0.4) is 0 Å². The van der Waals surface area contributed by atoms with Crippen molar-refractivity contribution in [3.63, 3.8) is 0 Å². The lowest BCUT2D eigenvalue weighted by molar-refractivity contribution is -0.365. The fourth-order valence-corrected chi connectivity index (χ4v) is 2.31. The van der Waals surface area contributed by atoms with Crippen molar-refractivity contribution in [1.82, 2.24) is 9.97 Å². The van der Waals surface area contributed by atoms with E-state index in [1.807, 2.05) is 19.9 Å². The average Bonchev–Trinajstić information content (AvgIpc) is 2.39. The standard InChI is InChI=1S/C14H15F2N5S/c1-8-7-9(2)19-14(18-8)21-13(17)20-10-3-5-11(6-4-10)22-12(15)16/h3-7,12H,1-2H3,(H3,17,18,19,20,21)/p+1. The van der Waals surface area contributed by atoms with Crippen molar-refractivity contribution in [1.29, 1.82) is 0 Å². The number of nitrogens with one attached hydrogen (secondary N) is 2. The molecule has 0 radical (unpaired) electrons. The number of nitrogens with two attached hydrogens (primary N) is 1. The molecule has 0 unspecified atom stereocenters. The molecule has 0 aliphatic carbocycles. The summed E-state index contributed by atoms with van der Waals surface area (Å²) >= 11 is 0.497. The summed E-state index contributed by atoms with van der Waals surface area (Å²) in [4.78, 5) is 11.8. The Morgan fingerprint density at radius 1 is 1.18 bits per heavy atom. The zero-order valence-corrected chi connectivity index (χ0v) is 12.9. The van der Waals surface area contributed by atoms with Crippen LogP contribution in [0, 0.1) is 13.8 Å². The molecule has 8 heteroatoms. The van der Waals surface area contributed by atoms with Gasteiger partial charge in [0.2, 0.25) is 0 Å². The van der Waals surface area contributed by atoms with Gasteiger partial charge in [0.1, 0.15) is 0 Å². The van der Waals surface area contributed by atoms with E-state index < -0.39 is 5.76 Å². The van der Waals surface area contributed by atoms with E-state index in [-0.39, 0.29) is 5.96 Å². The third-order valence-corrected chi connectivity index (χ3v) is 3.31. The van der Waals surface area contributed by atoms with Gasteiger partial charge in [0.15, 0.2) is 0 Å². The highest BCUT2D eigenvalue weighted by Crippen LogP contribution is 2.25. The number of aryl methyl sites for hydroxylation is 2. The Morgan fingerprint density at radius 3 is 2.32 bits per heavy atom. The quantitative estimate of drug-likeness (QED) is 0.452. The lowest BCUT2D eigenvalue weighted by Crippen LogP contribution is -2.72. The second kappa shape index (κ2) is 7.17. The molecule has 4 N–H and O–H groups in total. The Morgan fingerprint density at radius 2 is 1.77 bits per heavy atom. The van der Waals surface area contributed by atoms with E-state index in [1.54, 1.807) is 24.3 Å². The first-order valence-corrected chi connectivity index (χ1v) is 7.34. The first-order valence-electron chi connectivity index (χ1n) is 6.46. The zero-order valence-electron chi connectivity index (χ0n) is 12.1. The number of hydrogen-bond donors (Lipinski definition) is 3. The van der Waals surface area contributed by atoms with E-state index in [2.05, 4.69) is 20.3 Å². The number of thioether (sulfide) groups is 1. The predicted molar refractivity (Wildman–Crippen MR) is 83.2 cm³/mol. The van der Waals surface area contributed by atoms with E-state index >= 15 is 0 Å². The van der Waals surface area contributed by atoms with E-state index in [4.69, 9.17) is 5.73 Å². The van der Waals surface area contributed by atoms with Crippen LogP contribution in [0.2, 0.25) is 0 Å². The number of benzene rings is 1. The molecule has 0 saturated heterocycles. The summed E-state index contributed by atoms with van der Waals surface area (Å²) < 4.78 is 24.5. The molecule has 5 nitrogen and oxygen atoms in total. The van der Waals surface area contributed by atoms with Gasteiger partial charge in [-0.05, 0) is 38.1 Å². The van der Waals surface area contributed by atoms with Crippen LogP contribution in [0.4, 0.5) is 20.4 Å². The monoisotopic (exact) mass is 324 g/mol. The molecule has 0 aliphatic heterocycles. The zero-order chi connectivity index (χ0) is 16.1. The molecule has 1 heterocycles. The maximum Gasteiger partial charge on any atom is 0.354 e. The highest BCUT2D eigenvalue weighted by molar-refractivity contribution is 7.99. The maximum absolute atomic E-state index is 12.2. The van der Waals surface area contributed by atoms with Gasteiger partial charge >= 0.3 is 5.95 Å². The molecule has 0 spiro atoms. The molecule has 2 rings (SSSR count). The minimum absolute atomic E-state index is 0.249. The topological polar surface area (TPSA) is 77.8 Å². The first-order chi connectivity index (χ1) is 10.4. The number of anilines is 1. The third-order valence-electron chi connectivity index (χ3n) is 2.59. The average molecular weight is 324 g/mol. The molecule has 0 aliphatic rings. The first kappa shape index (κ1) is 16.2. The third kappa shape index (κ3) is 4.96. The summed E-state index contributed by atoms with van der Waals surface area (Å²) in [6.45, 7) is 3.73. The number of aromatic nitrogens is 2. The summed E-state index contributed by atoms with van der Waals surface area (Å²) in [5, 5.41) is 2.92. The van der Waals surface area contributed by atoms with Gasteiger partial charge in [-0.15, -0.1) is 9.97 Å². The molecular weight excluding hydrogens is 308 g/mol. The van der Waals surface area contributed by atoms with Crippen molar-refractivity contribution < 1.29 is 13.8 Å². The normalized spacial score (nSPS) is 11.8. The molecule has 0 amide bonds. The van der Waals surface area contributed by atoms with E-state index in [1.165, 1.54) is 0 Å². The van der Waals surface area contributed by atoms with Gasteiger partial charge < -0.3 is 5.73 Å². The largest absolute Gasteiger partial charge is 0.354 e. The molecular formula is C14H16F2N5S+. The van der Waals surface area contributed by atoms with Gasteiger partial charge in [-0.1, -0.05) is 11.8 Å². The molecule has 1 aromatic heterocycles. The van der Waals surface area contributed by atoms with Gasteiger partial charge in [-0.25, -0.2) is 4.99 Å². The van der Waals surface area contributed by atoms with Crippen LogP contribution in [-0.2, 0) is 0 Å². The van der Waals surface area contributed by atoms with Crippen LogP contribution in [-0.4, -0.2) is 21.7 Å². The maximum atomic E-state index is 12.2. The number of rotatable bonds is 4. The summed E-state index contributed by atoms with van der Waals surface area (Å²) in [7, 11) is 0. The summed E-state index contributed by atoms with van der Waals surface area (Å²) in [5.41, 5.74) is 8.18. The number of hydrogen-bond acceptors (Lipinski definition) is 3. The lowest BCUT2D eigenvalue weighted by Gasteiger charge is -2.03. The van der Waals surface area contributed by atoms with Crippen LogP contribution in [0.25, 0.3) is 0 Å². The van der Waals surface area contributed by atoms with Crippen LogP contribution in [0.5, 0.6) is 0 Å². The number of alkyl halides is 2. The highest BCUT2D eigenvalue weighted by atomic mass is 32.2. The second-order valence-electron chi connectivity index (χ2n) is 4.54. The molecule has 0 bridgehead atoms. The molecule has 1 aromatic carbocycles. The van der Waals surface area contributed by atoms with Gasteiger partial charge in [0, 0.05) is 11.0 Å². The minimum Gasteiger partial charge on any atom is -0.322 e. The fourth-order valence-electron chi connectivity index (χ4n) is 1.81. The van der Waals surface area contributed by atoms with Crippen molar-refractivity contribution in [3.8, 4) is 0 Å². The van der Waals surface area contributed by atoms with E-state index in [9.17, 15) is 8.78 Å². The summed E-state index contributed by atoms with van der Waals surface area (Å²) in [5.74, 6) is -1.79. The van der Waals surface area contributed by atoms with Gasteiger partial charge in [0.05, 0.1) is 17.1 Å². The molecule has 0 saturated carbocycles. The highest BCUT2D eigenvalue weighted by Gasteiger charge is 2.07. The number of guanidine groups is 1. The smallest absolute Gasteiger partial charge is 0.322 e. The predicted octanol–water partition coefficient (Wildman–Crippen LogP) is 1.55. The fraction of sp³-hybridized carbons (Fsp3) is 0.214. The number of nitrogens with zero attached hydrogens (tertiary/aromatic N) is 2. The molecule has 22 heavy (non-hydrogen) atoms. The Bertz CT molecular complexity index is 653. The Labute approximate surface area is 131 Å². The molecule has 2 aromatic rings. The van der Waals surface area contributed by atoms with Gasteiger partial charge in [-0.2, -0.15) is 8.78 Å². The van der Waals surface area contributed by atoms with Crippen molar-refractivity contribution >= 4 is 29.4 Å². The SMILES string of the molecule is Cc1cc(C)nc([NH+]=C(N)Nc2ccc(SC(F)F)cc2)n1. The van der Waals surface area contributed by atoms with Crippen molar-refractivity contribution in [2.24, 2.45) is 5.73 Å². The van der Waals surface area contributed by atoms with Crippen molar-refractivity contribution in [2.75, 3.05) is 5.32 Å². The van der Waals surface area contributed by atoms with Gasteiger partial charge in [0.25, 0.3) is 11.7 Å². The van der Waals surface area contributed by atoms with Crippen LogP contribution in [0.15, 0.2) is 35.2 Å². The van der Waals surface area contributed by atoms with Crippen LogP contribution >= 0.6 is 11.8 Å². The van der Waals surface area contributed by atoms with E-state index in [0.29, 0.717) is 28.3 Å². The van der Waals surface area contributed by atoms with Crippen molar-refractivity contribution in [3.05, 3.63) is 41.7 Å².